The number of nitrogens with one attached hydrogen (secondary N) is 1. The third kappa shape index (κ3) is 2.44. The summed E-state index contributed by atoms with van der Waals surface area (Å²) in [7, 11) is 1.92. The number of nitrogens with zero attached hydrogens (tertiary/aromatic N) is 3. The van der Waals surface area contributed by atoms with E-state index >= 15 is 0 Å². The summed E-state index contributed by atoms with van der Waals surface area (Å²) in [5.74, 6) is 0.892. The predicted molar refractivity (Wildman–Crippen MR) is 93.8 cm³/mol. The highest BCUT2D eigenvalue weighted by atomic mass is 15.1. The summed E-state index contributed by atoms with van der Waals surface area (Å²) in [6, 6.07) is 16.5. The molecule has 0 fully saturated rings. The predicted octanol–water partition coefficient (Wildman–Crippen LogP) is 4.13. The second-order valence-corrected chi connectivity index (χ2v) is 5.35. The van der Waals surface area contributed by atoms with E-state index in [1.807, 2.05) is 37.8 Å². The molecule has 0 saturated heterocycles. The van der Waals surface area contributed by atoms with Crippen LogP contribution in [0.2, 0.25) is 0 Å². The standard InChI is InChI=1S/C19H16N4/c1-20-17-5-2-14(3-6-17)16-4-7-19(22-12-16)23-11-9-15-8-10-21-13-18(15)23/h2-13,20H,1H3. The van der Waals surface area contributed by atoms with Crippen molar-refractivity contribution in [3.63, 3.8) is 0 Å². The first-order chi connectivity index (χ1) is 11.3. The smallest absolute Gasteiger partial charge is 0.137 e. The molecule has 3 heterocycles. The van der Waals surface area contributed by atoms with Crippen molar-refractivity contribution in [2.75, 3.05) is 12.4 Å². The Morgan fingerprint density at radius 1 is 0.870 bits per heavy atom. The van der Waals surface area contributed by atoms with Crippen molar-refractivity contribution >= 4 is 16.6 Å². The molecule has 0 aliphatic rings. The van der Waals surface area contributed by atoms with E-state index in [4.69, 9.17) is 0 Å². The van der Waals surface area contributed by atoms with Crippen molar-refractivity contribution in [2.45, 2.75) is 0 Å². The summed E-state index contributed by atoms with van der Waals surface area (Å²) < 4.78 is 2.05. The molecule has 0 atom stereocenters. The molecule has 4 heteroatoms. The molecule has 4 aromatic rings. The number of benzene rings is 1. The molecule has 1 aromatic carbocycles. The Balaban J connectivity index is 1.70. The van der Waals surface area contributed by atoms with Crippen LogP contribution in [0.25, 0.3) is 27.8 Å². The number of anilines is 1. The molecular weight excluding hydrogens is 284 g/mol. The Morgan fingerprint density at radius 2 is 1.70 bits per heavy atom. The lowest BCUT2D eigenvalue weighted by Crippen LogP contribution is -1.95. The lowest BCUT2D eigenvalue weighted by Gasteiger charge is -2.07. The highest BCUT2D eigenvalue weighted by Crippen LogP contribution is 2.23. The summed E-state index contributed by atoms with van der Waals surface area (Å²) in [5, 5.41) is 4.29. The lowest BCUT2D eigenvalue weighted by atomic mass is 10.1. The summed E-state index contributed by atoms with van der Waals surface area (Å²) in [4.78, 5) is 8.81. The van der Waals surface area contributed by atoms with Gasteiger partial charge in [0.05, 0.1) is 11.7 Å². The Kier molecular flexibility index (Phi) is 3.27. The Morgan fingerprint density at radius 3 is 2.43 bits per heavy atom. The van der Waals surface area contributed by atoms with Gasteiger partial charge < -0.3 is 5.32 Å². The zero-order valence-electron chi connectivity index (χ0n) is 12.8. The minimum absolute atomic E-state index is 0.892. The first kappa shape index (κ1) is 13.5. The number of aromatic nitrogens is 3. The Labute approximate surface area is 134 Å². The molecular formula is C19H16N4. The van der Waals surface area contributed by atoms with E-state index in [2.05, 4.69) is 56.3 Å². The number of pyridine rings is 2. The molecule has 4 nitrogen and oxygen atoms in total. The molecule has 0 radical (unpaired) electrons. The molecule has 1 N–H and O–H groups in total. The first-order valence-electron chi connectivity index (χ1n) is 7.51. The van der Waals surface area contributed by atoms with E-state index < -0.39 is 0 Å². The monoisotopic (exact) mass is 300 g/mol. The second-order valence-electron chi connectivity index (χ2n) is 5.35. The van der Waals surface area contributed by atoms with Gasteiger partial charge in [0.25, 0.3) is 0 Å². The fourth-order valence-electron chi connectivity index (χ4n) is 2.70. The molecule has 0 unspecified atom stereocenters. The van der Waals surface area contributed by atoms with Crippen molar-refractivity contribution in [1.29, 1.82) is 0 Å². The van der Waals surface area contributed by atoms with E-state index in [-0.39, 0.29) is 0 Å². The van der Waals surface area contributed by atoms with Gasteiger partial charge in [-0.05, 0) is 42.0 Å². The lowest BCUT2D eigenvalue weighted by molar-refractivity contribution is 1.04. The second kappa shape index (κ2) is 5.57. The summed E-state index contributed by atoms with van der Waals surface area (Å²) in [6.07, 6.45) is 7.60. The molecule has 0 saturated carbocycles. The largest absolute Gasteiger partial charge is 0.388 e. The average molecular weight is 300 g/mol. The zero-order chi connectivity index (χ0) is 15.6. The number of rotatable bonds is 3. The van der Waals surface area contributed by atoms with E-state index in [1.54, 1.807) is 6.20 Å². The van der Waals surface area contributed by atoms with Crippen LogP contribution in [-0.2, 0) is 0 Å². The van der Waals surface area contributed by atoms with E-state index in [0.717, 1.165) is 33.5 Å². The normalized spacial score (nSPS) is 10.8. The molecule has 0 aliphatic heterocycles. The Hall–Kier alpha value is -3.14. The van der Waals surface area contributed by atoms with Crippen LogP contribution in [-0.4, -0.2) is 21.6 Å². The van der Waals surface area contributed by atoms with Crippen LogP contribution in [0.15, 0.2) is 73.3 Å². The minimum atomic E-state index is 0.892. The van der Waals surface area contributed by atoms with Gasteiger partial charge in [-0.2, -0.15) is 0 Å². The van der Waals surface area contributed by atoms with Gasteiger partial charge in [0.2, 0.25) is 0 Å². The number of hydrogen-bond donors (Lipinski definition) is 1. The van der Waals surface area contributed by atoms with Gasteiger partial charge in [0.1, 0.15) is 5.82 Å². The van der Waals surface area contributed by atoms with Gasteiger partial charge >= 0.3 is 0 Å². The molecule has 0 amide bonds. The number of fused-ring (bicyclic) bond motifs is 1. The van der Waals surface area contributed by atoms with Crippen molar-refractivity contribution in [3.05, 3.63) is 73.3 Å². The third-order valence-corrected chi connectivity index (χ3v) is 4.00. The van der Waals surface area contributed by atoms with Crippen LogP contribution < -0.4 is 5.32 Å². The fraction of sp³-hybridized carbons (Fsp3) is 0.0526. The van der Waals surface area contributed by atoms with Gasteiger partial charge in [0, 0.05) is 42.3 Å². The van der Waals surface area contributed by atoms with Crippen LogP contribution >= 0.6 is 0 Å². The van der Waals surface area contributed by atoms with Crippen LogP contribution in [0, 0.1) is 0 Å². The van der Waals surface area contributed by atoms with Crippen molar-refractivity contribution in [3.8, 4) is 16.9 Å². The summed E-state index contributed by atoms with van der Waals surface area (Å²) in [5.41, 5.74) is 4.42. The molecule has 3 aromatic heterocycles. The summed E-state index contributed by atoms with van der Waals surface area (Å²) >= 11 is 0. The minimum Gasteiger partial charge on any atom is -0.388 e. The first-order valence-corrected chi connectivity index (χ1v) is 7.51. The quantitative estimate of drug-likeness (QED) is 0.618. The highest BCUT2D eigenvalue weighted by molar-refractivity contribution is 5.80. The zero-order valence-corrected chi connectivity index (χ0v) is 12.8. The molecule has 0 aliphatic carbocycles. The van der Waals surface area contributed by atoms with Gasteiger partial charge in [-0.1, -0.05) is 12.1 Å². The molecule has 112 valence electrons. The van der Waals surface area contributed by atoms with Gasteiger partial charge in [0.15, 0.2) is 0 Å². The topological polar surface area (TPSA) is 42.7 Å². The van der Waals surface area contributed by atoms with E-state index in [9.17, 15) is 0 Å². The van der Waals surface area contributed by atoms with Gasteiger partial charge in [-0.3, -0.25) is 9.55 Å². The van der Waals surface area contributed by atoms with Crippen LogP contribution in [0.5, 0.6) is 0 Å². The Bertz CT molecular complexity index is 937. The van der Waals surface area contributed by atoms with Gasteiger partial charge in [-0.15, -0.1) is 0 Å². The van der Waals surface area contributed by atoms with Crippen LogP contribution in [0.3, 0.4) is 0 Å². The van der Waals surface area contributed by atoms with E-state index in [1.165, 1.54) is 0 Å². The third-order valence-electron chi connectivity index (χ3n) is 4.00. The maximum absolute atomic E-state index is 4.61. The van der Waals surface area contributed by atoms with Crippen LogP contribution in [0.1, 0.15) is 0 Å². The maximum Gasteiger partial charge on any atom is 0.137 e. The van der Waals surface area contributed by atoms with Crippen molar-refractivity contribution in [2.24, 2.45) is 0 Å². The average Bonchev–Trinajstić information content (AvgIpc) is 3.06. The molecule has 4 rings (SSSR count). The molecule has 0 bridgehead atoms. The SMILES string of the molecule is CNc1ccc(-c2ccc(-n3ccc4ccncc43)nc2)cc1. The van der Waals surface area contributed by atoms with E-state index in [0.29, 0.717) is 0 Å². The highest BCUT2D eigenvalue weighted by Gasteiger charge is 2.05. The van der Waals surface area contributed by atoms with Gasteiger partial charge in [-0.25, -0.2) is 4.98 Å². The molecule has 23 heavy (non-hydrogen) atoms. The van der Waals surface area contributed by atoms with Crippen molar-refractivity contribution in [1.82, 2.24) is 14.5 Å². The maximum atomic E-state index is 4.61. The fourth-order valence-corrected chi connectivity index (χ4v) is 2.70. The summed E-state index contributed by atoms with van der Waals surface area (Å²) in [6.45, 7) is 0. The number of hydrogen-bond acceptors (Lipinski definition) is 3. The van der Waals surface area contributed by atoms with Crippen molar-refractivity contribution < 1.29 is 0 Å². The van der Waals surface area contributed by atoms with Crippen LogP contribution in [0.4, 0.5) is 5.69 Å². The molecule has 0 spiro atoms.